The van der Waals surface area contributed by atoms with Crippen molar-refractivity contribution < 1.29 is 19.5 Å². The predicted molar refractivity (Wildman–Crippen MR) is 68.6 cm³/mol. The van der Waals surface area contributed by atoms with Crippen LogP contribution in [0.1, 0.15) is 33.1 Å². The maximum absolute atomic E-state index is 11.5. The topological polar surface area (TPSA) is 108 Å². The Balaban J connectivity index is 2.28. The second-order valence-electron chi connectivity index (χ2n) is 5.09. The van der Waals surface area contributed by atoms with Crippen LogP contribution in [-0.2, 0) is 9.59 Å². The Hall–Kier alpha value is -1.79. The molecule has 2 atom stereocenters. The number of carbonyl (C=O) groups is 3. The lowest BCUT2D eigenvalue weighted by Crippen LogP contribution is -2.47. The lowest BCUT2D eigenvalue weighted by molar-refractivity contribution is -0.147. The van der Waals surface area contributed by atoms with Gasteiger partial charge in [0.05, 0.1) is 5.41 Å². The van der Waals surface area contributed by atoms with E-state index < -0.39 is 17.4 Å². The molecule has 1 saturated heterocycles. The Morgan fingerprint density at radius 1 is 1.47 bits per heavy atom. The highest BCUT2D eigenvalue weighted by molar-refractivity contribution is 5.79. The summed E-state index contributed by atoms with van der Waals surface area (Å²) in [6.07, 6.45) is 1.63. The molecule has 4 N–H and O–H groups in total. The van der Waals surface area contributed by atoms with Crippen molar-refractivity contribution in [2.45, 2.75) is 39.2 Å². The molecule has 0 aliphatic carbocycles. The molecule has 0 bridgehead atoms. The first-order valence-corrected chi connectivity index (χ1v) is 6.42. The summed E-state index contributed by atoms with van der Waals surface area (Å²) < 4.78 is 0. The molecule has 1 aliphatic rings. The van der Waals surface area contributed by atoms with Crippen LogP contribution in [0.2, 0.25) is 0 Å². The molecule has 2 unspecified atom stereocenters. The van der Waals surface area contributed by atoms with Crippen molar-refractivity contribution >= 4 is 17.9 Å². The number of carboxylic acids is 1. The first-order chi connectivity index (χ1) is 8.87. The number of hydrogen-bond donors (Lipinski definition) is 4. The fraction of sp³-hybridized carbons (Fsp3) is 0.750. The van der Waals surface area contributed by atoms with Gasteiger partial charge in [-0.15, -0.1) is 0 Å². The summed E-state index contributed by atoms with van der Waals surface area (Å²) in [4.78, 5) is 33.6. The number of rotatable bonds is 6. The standard InChI is InChI=1S/C12H21N3O4/c1-3-12(2,10(17)18)7-14-11(19)13-6-8-4-5-9(16)15-8/h8H,3-7H2,1-2H3,(H,15,16)(H,17,18)(H2,13,14,19). The lowest BCUT2D eigenvalue weighted by Gasteiger charge is -2.23. The van der Waals surface area contributed by atoms with E-state index in [9.17, 15) is 14.4 Å². The number of carboxylic acid groups (broad SMARTS) is 1. The van der Waals surface area contributed by atoms with Crippen LogP contribution in [0.15, 0.2) is 0 Å². The van der Waals surface area contributed by atoms with E-state index >= 15 is 0 Å². The first kappa shape index (κ1) is 15.3. The predicted octanol–water partition coefficient (Wildman–Crippen LogP) is 0.0651. The van der Waals surface area contributed by atoms with Crippen LogP contribution >= 0.6 is 0 Å². The maximum Gasteiger partial charge on any atom is 0.314 e. The van der Waals surface area contributed by atoms with Gasteiger partial charge in [-0.25, -0.2) is 4.79 Å². The molecular weight excluding hydrogens is 250 g/mol. The molecule has 108 valence electrons. The van der Waals surface area contributed by atoms with Gasteiger partial charge >= 0.3 is 12.0 Å². The highest BCUT2D eigenvalue weighted by atomic mass is 16.4. The smallest absolute Gasteiger partial charge is 0.314 e. The summed E-state index contributed by atoms with van der Waals surface area (Å²) in [5.41, 5.74) is -0.959. The van der Waals surface area contributed by atoms with Gasteiger partial charge in [-0.1, -0.05) is 6.92 Å². The Labute approximate surface area is 112 Å². The fourth-order valence-electron chi connectivity index (χ4n) is 1.74. The Morgan fingerprint density at radius 2 is 2.16 bits per heavy atom. The van der Waals surface area contributed by atoms with Crippen LogP contribution in [-0.4, -0.2) is 42.1 Å². The van der Waals surface area contributed by atoms with Crippen molar-refractivity contribution in [2.24, 2.45) is 5.41 Å². The van der Waals surface area contributed by atoms with E-state index in [0.29, 0.717) is 25.8 Å². The number of carbonyl (C=O) groups excluding carboxylic acids is 2. The third kappa shape index (κ3) is 4.42. The first-order valence-electron chi connectivity index (χ1n) is 6.42. The monoisotopic (exact) mass is 271 g/mol. The average Bonchev–Trinajstić information content (AvgIpc) is 2.79. The number of amides is 3. The van der Waals surface area contributed by atoms with Crippen LogP contribution in [0, 0.1) is 5.41 Å². The number of aliphatic carboxylic acids is 1. The third-order valence-corrected chi connectivity index (χ3v) is 3.53. The van der Waals surface area contributed by atoms with Gasteiger partial charge in [0, 0.05) is 25.6 Å². The van der Waals surface area contributed by atoms with E-state index in [1.54, 1.807) is 13.8 Å². The van der Waals surface area contributed by atoms with Crippen molar-refractivity contribution in [3.8, 4) is 0 Å². The molecule has 0 aromatic heterocycles. The average molecular weight is 271 g/mol. The molecule has 7 heteroatoms. The second-order valence-corrected chi connectivity index (χ2v) is 5.09. The van der Waals surface area contributed by atoms with Crippen molar-refractivity contribution in [2.75, 3.05) is 13.1 Å². The quantitative estimate of drug-likeness (QED) is 0.548. The van der Waals surface area contributed by atoms with Gasteiger partial charge in [0.25, 0.3) is 0 Å². The Bertz CT molecular complexity index is 372. The molecule has 0 saturated carbocycles. The van der Waals surface area contributed by atoms with Gasteiger partial charge in [-0.2, -0.15) is 0 Å². The SMILES string of the molecule is CCC(C)(CNC(=O)NCC1CCC(=O)N1)C(=O)O. The van der Waals surface area contributed by atoms with Crippen molar-refractivity contribution in [1.29, 1.82) is 0 Å². The number of urea groups is 1. The molecule has 0 aromatic rings. The summed E-state index contributed by atoms with van der Waals surface area (Å²) >= 11 is 0. The highest BCUT2D eigenvalue weighted by Gasteiger charge is 2.31. The molecule has 3 amide bonds. The summed E-state index contributed by atoms with van der Waals surface area (Å²) in [7, 11) is 0. The van der Waals surface area contributed by atoms with Gasteiger partial charge in [0.1, 0.15) is 0 Å². The summed E-state index contributed by atoms with van der Waals surface area (Å²) in [5, 5.41) is 17.0. The van der Waals surface area contributed by atoms with E-state index in [1.807, 2.05) is 0 Å². The molecular formula is C12H21N3O4. The normalized spacial score (nSPS) is 21.4. The van der Waals surface area contributed by atoms with Crippen LogP contribution in [0.5, 0.6) is 0 Å². The molecule has 7 nitrogen and oxygen atoms in total. The molecule has 0 radical (unpaired) electrons. The Morgan fingerprint density at radius 3 is 2.63 bits per heavy atom. The summed E-state index contributed by atoms with van der Waals surface area (Å²) in [6, 6.07) is -0.447. The summed E-state index contributed by atoms with van der Waals surface area (Å²) in [5.74, 6) is -0.935. The van der Waals surface area contributed by atoms with Gasteiger partial charge in [0.2, 0.25) is 5.91 Å². The second kappa shape index (κ2) is 6.40. The fourth-order valence-corrected chi connectivity index (χ4v) is 1.74. The minimum atomic E-state index is -0.959. The molecule has 0 spiro atoms. The van der Waals surface area contributed by atoms with Gasteiger partial charge in [-0.3, -0.25) is 9.59 Å². The third-order valence-electron chi connectivity index (χ3n) is 3.53. The largest absolute Gasteiger partial charge is 0.481 e. The highest BCUT2D eigenvalue weighted by Crippen LogP contribution is 2.19. The molecule has 1 heterocycles. The van der Waals surface area contributed by atoms with E-state index in [1.165, 1.54) is 0 Å². The van der Waals surface area contributed by atoms with Gasteiger partial charge < -0.3 is 21.1 Å². The van der Waals surface area contributed by atoms with Crippen molar-refractivity contribution in [1.82, 2.24) is 16.0 Å². The van der Waals surface area contributed by atoms with Crippen LogP contribution < -0.4 is 16.0 Å². The van der Waals surface area contributed by atoms with Crippen LogP contribution in [0.25, 0.3) is 0 Å². The minimum Gasteiger partial charge on any atom is -0.481 e. The van der Waals surface area contributed by atoms with Crippen molar-refractivity contribution in [3.63, 3.8) is 0 Å². The Kier molecular flexibility index (Phi) is 5.14. The lowest BCUT2D eigenvalue weighted by atomic mass is 9.88. The summed E-state index contributed by atoms with van der Waals surface area (Å²) in [6.45, 7) is 3.78. The van der Waals surface area contributed by atoms with E-state index in [2.05, 4.69) is 16.0 Å². The molecule has 19 heavy (non-hydrogen) atoms. The van der Waals surface area contributed by atoms with Crippen molar-refractivity contribution in [3.05, 3.63) is 0 Å². The molecule has 1 aliphatic heterocycles. The maximum atomic E-state index is 11.5. The number of nitrogens with one attached hydrogen (secondary N) is 3. The van der Waals surface area contributed by atoms with E-state index in [-0.39, 0.29) is 18.5 Å². The molecule has 1 rings (SSSR count). The van der Waals surface area contributed by atoms with Crippen LogP contribution in [0.3, 0.4) is 0 Å². The van der Waals surface area contributed by atoms with E-state index in [0.717, 1.165) is 0 Å². The number of hydrogen-bond acceptors (Lipinski definition) is 3. The zero-order valence-corrected chi connectivity index (χ0v) is 11.3. The zero-order valence-electron chi connectivity index (χ0n) is 11.3. The molecule has 1 fully saturated rings. The zero-order chi connectivity index (χ0) is 14.5. The molecule has 0 aromatic carbocycles. The van der Waals surface area contributed by atoms with Gasteiger partial charge in [-0.05, 0) is 19.8 Å². The van der Waals surface area contributed by atoms with Gasteiger partial charge in [0.15, 0.2) is 0 Å². The van der Waals surface area contributed by atoms with Crippen LogP contribution in [0.4, 0.5) is 4.79 Å². The van der Waals surface area contributed by atoms with E-state index in [4.69, 9.17) is 5.11 Å². The minimum absolute atomic E-state index is 0.00311.